The lowest BCUT2D eigenvalue weighted by molar-refractivity contribution is -0.152. The Hall–Kier alpha value is -4.96. The molecule has 3 aliphatic heterocycles. The monoisotopic (exact) mass is 722 g/mol. The fraction of sp³-hybridized carbons (Fsp3) is 0.382. The summed E-state index contributed by atoms with van der Waals surface area (Å²) in [5.74, 6) is -2.62. The summed E-state index contributed by atoms with van der Waals surface area (Å²) in [5.41, 5.74) is 7.48. The van der Waals surface area contributed by atoms with Gasteiger partial charge in [-0.2, -0.15) is 0 Å². The van der Waals surface area contributed by atoms with Crippen LogP contribution in [0.25, 0.3) is 0 Å². The van der Waals surface area contributed by atoms with Crippen molar-refractivity contribution in [3.8, 4) is 0 Å². The average Bonchev–Trinajstić information content (AvgIpc) is 3.70. The van der Waals surface area contributed by atoms with Crippen molar-refractivity contribution in [3.05, 3.63) is 76.0 Å². The van der Waals surface area contributed by atoms with Crippen LogP contribution in [0.15, 0.2) is 75.4 Å². The molecule has 0 saturated carbocycles. The average molecular weight is 723 g/mol. The number of oxime groups is 1. The van der Waals surface area contributed by atoms with E-state index in [0.717, 1.165) is 17.0 Å². The largest absolute Gasteiger partial charge is 0.462 e. The molecule has 0 bridgehead atoms. The first-order valence-electron chi connectivity index (χ1n) is 16.0. The van der Waals surface area contributed by atoms with Crippen LogP contribution in [0.1, 0.15) is 39.3 Å². The highest BCUT2D eigenvalue weighted by molar-refractivity contribution is 8.00. The Morgan fingerprint density at radius 2 is 1.94 bits per heavy atom. The molecule has 2 atom stereocenters. The van der Waals surface area contributed by atoms with E-state index in [1.807, 2.05) is 51.1 Å². The van der Waals surface area contributed by atoms with Crippen molar-refractivity contribution in [2.24, 2.45) is 11.1 Å². The molecule has 2 fully saturated rings. The Bertz CT molecular complexity index is 1780. The maximum Gasteiger partial charge on any atom is 0.355 e. The number of benzene rings is 1. The quantitative estimate of drug-likeness (QED) is 0.102. The van der Waals surface area contributed by atoms with E-state index >= 15 is 0 Å². The number of carbonyl (C=O) groups is 5. The number of amides is 3. The van der Waals surface area contributed by atoms with Crippen molar-refractivity contribution in [2.45, 2.75) is 45.0 Å². The topological polar surface area (TPSA) is 183 Å². The van der Waals surface area contributed by atoms with E-state index in [1.54, 1.807) is 17.1 Å². The van der Waals surface area contributed by atoms with Gasteiger partial charge in [-0.3, -0.25) is 19.3 Å². The zero-order valence-corrected chi connectivity index (χ0v) is 29.7. The summed E-state index contributed by atoms with van der Waals surface area (Å²) >= 11 is 2.43. The number of hydrogen-bond acceptors (Lipinski definition) is 13. The molecule has 3 amide bonds. The number of nitrogens with one attached hydrogen (secondary N) is 1. The lowest BCUT2D eigenvalue weighted by Crippen LogP contribution is -2.71. The van der Waals surface area contributed by atoms with E-state index < -0.39 is 35.2 Å². The highest BCUT2D eigenvalue weighted by Gasteiger charge is 2.54. The summed E-state index contributed by atoms with van der Waals surface area (Å²) in [6.45, 7) is 5.92. The van der Waals surface area contributed by atoms with Gasteiger partial charge in [-0.1, -0.05) is 50.2 Å². The minimum atomic E-state index is -1.02. The lowest BCUT2D eigenvalue weighted by atomic mass is 10.0. The molecule has 2 aromatic rings. The van der Waals surface area contributed by atoms with Gasteiger partial charge < -0.3 is 30.3 Å². The zero-order chi connectivity index (χ0) is 35.9. The van der Waals surface area contributed by atoms with Gasteiger partial charge in [0.05, 0.1) is 12.2 Å². The first-order chi connectivity index (χ1) is 24.0. The number of β-lactam (4-membered cyclic amide) rings is 1. The number of thiazole rings is 1. The van der Waals surface area contributed by atoms with Crippen LogP contribution in [0.5, 0.6) is 0 Å². The minimum absolute atomic E-state index is 0.0628. The smallest absolute Gasteiger partial charge is 0.355 e. The van der Waals surface area contributed by atoms with Crippen molar-refractivity contribution in [1.82, 2.24) is 15.2 Å². The second-order valence-corrected chi connectivity index (χ2v) is 13.8. The van der Waals surface area contributed by atoms with Crippen LogP contribution in [-0.2, 0) is 38.3 Å². The van der Waals surface area contributed by atoms with E-state index in [-0.39, 0.29) is 58.6 Å². The standard InChI is InChI=1S/C34H38N6O8S2/c1-5-9-21(32(44)47-15-19(2)3)16-48-33(45)27-22(14-20-12-13-39(29(20)42)23-10-7-6-8-11-23)17-49-31-26(30(43)40(27)31)37-28(41)25(38-46-4)24-18-50-34(35)36-24/h6-11,14,18-19,26,31H,5,12-13,15-17H2,1-4H3,(H2,35,36)(H,37,41)/b20-14+,21-9+,38-25-/t26-,31-/m1/s1. The first kappa shape index (κ1) is 36.3. The van der Waals surface area contributed by atoms with E-state index in [9.17, 15) is 24.0 Å². The van der Waals surface area contributed by atoms with Crippen LogP contribution in [0.3, 0.4) is 0 Å². The number of anilines is 2. The number of nitrogens with two attached hydrogens (primary N) is 1. The van der Waals surface area contributed by atoms with Crippen LogP contribution in [0.2, 0.25) is 0 Å². The molecule has 3 aliphatic rings. The number of fused-ring (bicyclic) bond motifs is 1. The molecule has 2 saturated heterocycles. The van der Waals surface area contributed by atoms with Gasteiger partial charge in [-0.05, 0) is 42.5 Å². The SMILES string of the molecule is CC/C=C(\COC(=O)C1=C(/C=C2\CCN(c3ccccc3)C2=O)CS[C@@H]2[C@H](NC(=O)/C(=N\OC)c3csc(N)n3)C(=O)N12)C(=O)OCC(C)C. The number of esters is 2. The van der Waals surface area contributed by atoms with E-state index in [1.165, 1.54) is 29.2 Å². The molecule has 0 aliphatic carbocycles. The van der Waals surface area contributed by atoms with Crippen molar-refractivity contribution in [2.75, 3.05) is 43.3 Å². The van der Waals surface area contributed by atoms with Crippen LogP contribution >= 0.6 is 23.1 Å². The summed E-state index contributed by atoms with van der Waals surface area (Å²) < 4.78 is 11.0. The Labute approximate surface area is 297 Å². The fourth-order valence-corrected chi connectivity index (χ4v) is 7.31. The number of nitrogens with zero attached hydrogens (tertiary/aromatic N) is 4. The molecule has 5 rings (SSSR count). The Kier molecular flexibility index (Phi) is 11.7. The van der Waals surface area contributed by atoms with E-state index in [4.69, 9.17) is 20.0 Å². The molecule has 50 heavy (non-hydrogen) atoms. The van der Waals surface area contributed by atoms with Gasteiger partial charge in [0.1, 0.15) is 36.5 Å². The van der Waals surface area contributed by atoms with Gasteiger partial charge in [-0.25, -0.2) is 14.6 Å². The summed E-state index contributed by atoms with van der Waals surface area (Å²) in [6.07, 6.45) is 4.18. The first-order valence-corrected chi connectivity index (χ1v) is 17.9. The van der Waals surface area contributed by atoms with Gasteiger partial charge in [0.25, 0.3) is 17.7 Å². The molecule has 264 valence electrons. The number of aromatic nitrogens is 1. The second-order valence-electron chi connectivity index (χ2n) is 11.8. The van der Waals surface area contributed by atoms with Crippen molar-refractivity contribution in [1.29, 1.82) is 0 Å². The van der Waals surface area contributed by atoms with Gasteiger partial charge >= 0.3 is 11.9 Å². The number of hydrogen-bond donors (Lipinski definition) is 2. The predicted molar refractivity (Wildman–Crippen MR) is 189 cm³/mol. The number of thioether (sulfide) groups is 1. The van der Waals surface area contributed by atoms with E-state index in [0.29, 0.717) is 30.5 Å². The number of rotatable bonds is 13. The molecule has 0 unspecified atom stereocenters. The second kappa shape index (κ2) is 16.2. The van der Waals surface area contributed by atoms with Gasteiger partial charge in [-0.15, -0.1) is 23.1 Å². The summed E-state index contributed by atoms with van der Waals surface area (Å²) in [4.78, 5) is 78.9. The zero-order valence-electron chi connectivity index (χ0n) is 28.0. The van der Waals surface area contributed by atoms with Gasteiger partial charge in [0.2, 0.25) is 0 Å². The third-order valence-electron chi connectivity index (χ3n) is 7.80. The maximum atomic E-state index is 13.9. The fourth-order valence-electron chi connectivity index (χ4n) is 5.45. The Balaban J connectivity index is 1.41. The number of para-hydroxylation sites is 1. The van der Waals surface area contributed by atoms with Crippen molar-refractivity contribution >= 4 is 69.3 Å². The van der Waals surface area contributed by atoms with Gasteiger partial charge in [0, 0.05) is 28.9 Å². The molecule has 0 radical (unpaired) electrons. The van der Waals surface area contributed by atoms with Crippen LogP contribution < -0.4 is 16.0 Å². The number of ether oxygens (including phenoxy) is 2. The molecular formula is C34H38N6O8S2. The van der Waals surface area contributed by atoms with Crippen molar-refractivity contribution < 1.29 is 38.3 Å². The normalized spacial score (nSPS) is 20.2. The molecule has 4 heterocycles. The predicted octanol–water partition coefficient (Wildman–Crippen LogP) is 3.17. The highest BCUT2D eigenvalue weighted by atomic mass is 32.2. The molecule has 16 heteroatoms. The van der Waals surface area contributed by atoms with Crippen LogP contribution in [0.4, 0.5) is 10.8 Å². The Morgan fingerprint density at radius 1 is 1.18 bits per heavy atom. The summed E-state index contributed by atoms with van der Waals surface area (Å²) in [5, 5.41) is 7.54. The number of nitrogen functional groups attached to an aromatic ring is 1. The third-order valence-corrected chi connectivity index (χ3v) is 9.78. The number of carbonyl (C=O) groups excluding carboxylic acids is 5. The van der Waals surface area contributed by atoms with Crippen LogP contribution in [-0.4, -0.2) is 89.3 Å². The maximum absolute atomic E-state index is 13.9. The molecule has 1 aromatic heterocycles. The lowest BCUT2D eigenvalue weighted by Gasteiger charge is -2.49. The van der Waals surface area contributed by atoms with Crippen LogP contribution in [0, 0.1) is 5.92 Å². The summed E-state index contributed by atoms with van der Waals surface area (Å²) in [6, 6.07) is 8.23. The molecule has 14 nitrogen and oxygen atoms in total. The third kappa shape index (κ3) is 7.91. The molecule has 0 spiro atoms. The Morgan fingerprint density at radius 3 is 2.60 bits per heavy atom. The highest BCUT2D eigenvalue weighted by Crippen LogP contribution is 2.42. The molecule has 1 aromatic carbocycles. The van der Waals surface area contributed by atoms with Crippen molar-refractivity contribution in [3.63, 3.8) is 0 Å². The van der Waals surface area contributed by atoms with E-state index in [2.05, 4.69) is 15.5 Å². The van der Waals surface area contributed by atoms with Gasteiger partial charge in [0.15, 0.2) is 10.8 Å². The number of allylic oxidation sites excluding steroid dienone is 2. The summed E-state index contributed by atoms with van der Waals surface area (Å²) in [7, 11) is 1.27. The molecular weight excluding hydrogens is 685 g/mol. The minimum Gasteiger partial charge on any atom is -0.462 e. The molecule has 3 N–H and O–H groups in total.